The smallest absolute Gasteiger partial charge is 0.239 e. The third-order valence-corrected chi connectivity index (χ3v) is 4.45. The third kappa shape index (κ3) is 3.47. The fourth-order valence-electron chi connectivity index (χ4n) is 3.72. The van der Waals surface area contributed by atoms with Gasteiger partial charge in [-0.25, -0.2) is 0 Å². The van der Waals surface area contributed by atoms with Crippen molar-refractivity contribution >= 4 is 5.91 Å². The fourth-order valence-corrected chi connectivity index (χ4v) is 3.72. The van der Waals surface area contributed by atoms with E-state index in [-0.39, 0.29) is 6.04 Å². The van der Waals surface area contributed by atoms with Crippen LogP contribution in [0.1, 0.15) is 52.9 Å². The summed E-state index contributed by atoms with van der Waals surface area (Å²) in [6, 6.07) is 0.524. The molecule has 2 fully saturated rings. The summed E-state index contributed by atoms with van der Waals surface area (Å²) < 4.78 is 0. The molecule has 2 aliphatic rings. The van der Waals surface area contributed by atoms with Gasteiger partial charge in [-0.2, -0.15) is 0 Å². The molecular weight excluding hydrogens is 224 g/mol. The van der Waals surface area contributed by atoms with Gasteiger partial charge >= 0.3 is 0 Å². The summed E-state index contributed by atoms with van der Waals surface area (Å²) in [5.74, 6) is 1.89. The van der Waals surface area contributed by atoms with Crippen molar-refractivity contribution in [2.45, 2.75) is 65.0 Å². The molecule has 0 radical (unpaired) electrons. The van der Waals surface area contributed by atoms with Gasteiger partial charge in [0.15, 0.2) is 0 Å². The molecule has 0 aromatic rings. The first-order valence-corrected chi connectivity index (χ1v) is 7.61. The van der Waals surface area contributed by atoms with Crippen molar-refractivity contribution in [1.82, 2.24) is 10.2 Å². The molecule has 1 saturated carbocycles. The first kappa shape index (κ1) is 13.9. The van der Waals surface area contributed by atoms with E-state index in [9.17, 15) is 4.79 Å². The average Bonchev–Trinajstić information content (AvgIpc) is 2.79. The normalized spacial score (nSPS) is 34.6. The Labute approximate surface area is 111 Å². The van der Waals surface area contributed by atoms with E-state index >= 15 is 0 Å². The van der Waals surface area contributed by atoms with E-state index in [1.54, 1.807) is 0 Å². The molecular formula is C15H28N2O. The highest BCUT2D eigenvalue weighted by molar-refractivity contribution is 5.81. The average molecular weight is 252 g/mol. The number of amides is 1. The Hall–Kier alpha value is -0.570. The number of nitrogens with one attached hydrogen (secondary N) is 1. The van der Waals surface area contributed by atoms with Crippen molar-refractivity contribution in [3.63, 3.8) is 0 Å². The molecule has 104 valence electrons. The quantitative estimate of drug-likeness (QED) is 0.836. The fraction of sp³-hybridized carbons (Fsp3) is 0.933. The summed E-state index contributed by atoms with van der Waals surface area (Å²) in [5, 5.41) is 3.57. The highest BCUT2D eigenvalue weighted by Crippen LogP contribution is 2.28. The maximum Gasteiger partial charge on any atom is 0.239 e. The third-order valence-electron chi connectivity index (χ3n) is 4.45. The summed E-state index contributed by atoms with van der Waals surface area (Å²) in [6.07, 6.45) is 6.14. The summed E-state index contributed by atoms with van der Waals surface area (Å²) in [6.45, 7) is 8.61. The van der Waals surface area contributed by atoms with E-state index in [1.807, 2.05) is 11.8 Å². The summed E-state index contributed by atoms with van der Waals surface area (Å²) >= 11 is 0. The number of hydrogen-bond donors (Lipinski definition) is 1. The van der Waals surface area contributed by atoms with Crippen LogP contribution in [-0.4, -0.2) is 36.0 Å². The molecule has 3 nitrogen and oxygen atoms in total. The maximum absolute atomic E-state index is 12.2. The van der Waals surface area contributed by atoms with Crippen LogP contribution < -0.4 is 5.32 Å². The van der Waals surface area contributed by atoms with Gasteiger partial charge in [-0.15, -0.1) is 0 Å². The van der Waals surface area contributed by atoms with Gasteiger partial charge in [-0.05, 0) is 50.9 Å². The van der Waals surface area contributed by atoms with Gasteiger partial charge in [0.25, 0.3) is 0 Å². The van der Waals surface area contributed by atoms with Crippen molar-refractivity contribution in [3.05, 3.63) is 0 Å². The molecule has 1 aliphatic carbocycles. The largest absolute Gasteiger partial charge is 0.341 e. The molecule has 2 rings (SSSR count). The predicted molar refractivity (Wildman–Crippen MR) is 74.4 cm³/mol. The van der Waals surface area contributed by atoms with Crippen LogP contribution in [0.5, 0.6) is 0 Å². The lowest BCUT2D eigenvalue weighted by atomic mass is 9.80. The number of carbonyl (C=O) groups is 1. The van der Waals surface area contributed by atoms with Gasteiger partial charge in [0.05, 0.1) is 6.04 Å². The predicted octanol–water partition coefficient (Wildman–Crippen LogP) is 2.41. The minimum Gasteiger partial charge on any atom is -0.341 e. The Morgan fingerprint density at radius 3 is 2.22 bits per heavy atom. The van der Waals surface area contributed by atoms with Gasteiger partial charge in [0.1, 0.15) is 0 Å². The monoisotopic (exact) mass is 252 g/mol. The molecule has 0 aromatic carbocycles. The zero-order chi connectivity index (χ0) is 13.1. The first-order valence-electron chi connectivity index (χ1n) is 7.61. The number of rotatable bonds is 3. The molecule has 0 spiro atoms. The molecule has 18 heavy (non-hydrogen) atoms. The van der Waals surface area contributed by atoms with E-state index in [2.05, 4.69) is 19.2 Å². The second-order valence-corrected chi connectivity index (χ2v) is 6.54. The lowest BCUT2D eigenvalue weighted by Gasteiger charge is -2.34. The van der Waals surface area contributed by atoms with Crippen LogP contribution in [0.4, 0.5) is 0 Å². The van der Waals surface area contributed by atoms with Crippen molar-refractivity contribution in [2.24, 2.45) is 11.8 Å². The molecule has 3 unspecified atom stereocenters. The van der Waals surface area contributed by atoms with E-state index in [0.717, 1.165) is 24.9 Å². The topological polar surface area (TPSA) is 32.3 Å². The lowest BCUT2D eigenvalue weighted by molar-refractivity contribution is -0.132. The zero-order valence-electron chi connectivity index (χ0n) is 12.1. The van der Waals surface area contributed by atoms with Gasteiger partial charge in [-0.3, -0.25) is 4.79 Å². The van der Waals surface area contributed by atoms with Crippen molar-refractivity contribution in [2.75, 3.05) is 13.1 Å². The SMILES string of the molecule is CC1CC(C)CC(NC(C)C(=O)N2CCCC2)C1. The standard InChI is InChI=1S/C15H28N2O/c1-11-8-12(2)10-14(9-11)16-13(3)15(18)17-6-4-5-7-17/h11-14,16H,4-10H2,1-3H3. The molecule has 1 N–H and O–H groups in total. The van der Waals surface area contributed by atoms with Gasteiger partial charge in [-0.1, -0.05) is 13.8 Å². The molecule has 0 bridgehead atoms. The van der Waals surface area contributed by atoms with E-state index in [1.165, 1.54) is 32.1 Å². The zero-order valence-corrected chi connectivity index (χ0v) is 12.1. The van der Waals surface area contributed by atoms with Crippen LogP contribution in [0.15, 0.2) is 0 Å². The molecule has 1 aliphatic heterocycles. The lowest BCUT2D eigenvalue weighted by Crippen LogP contribution is -2.49. The number of likely N-dealkylation sites (tertiary alicyclic amines) is 1. The van der Waals surface area contributed by atoms with Crippen LogP contribution in [0, 0.1) is 11.8 Å². The van der Waals surface area contributed by atoms with Crippen LogP contribution in [0.3, 0.4) is 0 Å². The Bertz CT molecular complexity index is 276. The van der Waals surface area contributed by atoms with Crippen LogP contribution in [0.2, 0.25) is 0 Å². The van der Waals surface area contributed by atoms with Gasteiger partial charge < -0.3 is 10.2 Å². The Balaban J connectivity index is 1.82. The number of hydrogen-bond acceptors (Lipinski definition) is 2. The highest BCUT2D eigenvalue weighted by atomic mass is 16.2. The van der Waals surface area contributed by atoms with Gasteiger partial charge in [0.2, 0.25) is 5.91 Å². The highest BCUT2D eigenvalue weighted by Gasteiger charge is 2.28. The summed E-state index contributed by atoms with van der Waals surface area (Å²) in [5.41, 5.74) is 0. The van der Waals surface area contributed by atoms with Crippen LogP contribution >= 0.6 is 0 Å². The van der Waals surface area contributed by atoms with Crippen molar-refractivity contribution < 1.29 is 4.79 Å². The molecule has 3 atom stereocenters. The molecule has 1 heterocycles. The van der Waals surface area contributed by atoms with Crippen LogP contribution in [0.25, 0.3) is 0 Å². The second kappa shape index (κ2) is 6.05. The van der Waals surface area contributed by atoms with Gasteiger partial charge in [0, 0.05) is 19.1 Å². The Kier molecular flexibility index (Phi) is 4.66. The molecule has 1 saturated heterocycles. The summed E-state index contributed by atoms with van der Waals surface area (Å²) in [4.78, 5) is 14.3. The second-order valence-electron chi connectivity index (χ2n) is 6.54. The minimum absolute atomic E-state index is 0.00870. The molecule has 3 heteroatoms. The minimum atomic E-state index is -0.00870. The number of carbonyl (C=O) groups excluding carboxylic acids is 1. The van der Waals surface area contributed by atoms with E-state index in [0.29, 0.717) is 11.9 Å². The van der Waals surface area contributed by atoms with E-state index < -0.39 is 0 Å². The first-order chi connectivity index (χ1) is 8.56. The van der Waals surface area contributed by atoms with Crippen molar-refractivity contribution in [3.8, 4) is 0 Å². The Morgan fingerprint density at radius 2 is 1.67 bits per heavy atom. The summed E-state index contributed by atoms with van der Waals surface area (Å²) in [7, 11) is 0. The van der Waals surface area contributed by atoms with E-state index in [4.69, 9.17) is 0 Å². The van der Waals surface area contributed by atoms with Crippen molar-refractivity contribution in [1.29, 1.82) is 0 Å². The molecule has 1 amide bonds. The van der Waals surface area contributed by atoms with Crippen LogP contribution in [-0.2, 0) is 4.79 Å². The Morgan fingerprint density at radius 1 is 1.11 bits per heavy atom. The maximum atomic E-state index is 12.2. The molecule has 0 aromatic heterocycles. The number of nitrogens with zero attached hydrogens (tertiary/aromatic N) is 1.